The smallest absolute Gasteiger partial charge is 0.0715 e. The highest BCUT2D eigenvalue weighted by molar-refractivity contribution is 5.97. The highest BCUT2D eigenvalue weighted by atomic mass is 15.1. The van der Waals surface area contributed by atoms with E-state index in [4.69, 9.17) is 0 Å². The Kier molecular flexibility index (Phi) is 8.90. The number of benzene rings is 9. The number of anilines is 3. The fourth-order valence-electron chi connectivity index (χ4n) is 10.6. The molecule has 0 fully saturated rings. The van der Waals surface area contributed by atoms with E-state index < -0.39 is 5.41 Å². The SMILES string of the molecule is C1=Cc2c(c3ccccc3n2-c2cccc3c2-c2ccc(N(c4ccc(-c5ccccc5)cc4)c4ccc(-c5ccccc5)cc4)cc2C3(c2ccccc2)c2ccccc2)CC1. The first-order chi connectivity index (χ1) is 31.3. The van der Waals surface area contributed by atoms with Gasteiger partial charge in [0.2, 0.25) is 0 Å². The van der Waals surface area contributed by atoms with Crippen LogP contribution in [0, 0.1) is 0 Å². The maximum atomic E-state index is 2.54. The molecule has 1 aromatic heterocycles. The molecule has 9 aromatic carbocycles. The molecule has 298 valence electrons. The van der Waals surface area contributed by atoms with Gasteiger partial charge in [0.05, 0.1) is 16.6 Å². The van der Waals surface area contributed by atoms with Gasteiger partial charge in [-0.15, -0.1) is 0 Å². The van der Waals surface area contributed by atoms with Crippen LogP contribution in [0.5, 0.6) is 0 Å². The van der Waals surface area contributed by atoms with Gasteiger partial charge in [-0.3, -0.25) is 0 Å². The van der Waals surface area contributed by atoms with Gasteiger partial charge in [0, 0.05) is 33.7 Å². The molecule has 0 aliphatic heterocycles. The van der Waals surface area contributed by atoms with Gasteiger partial charge in [0.1, 0.15) is 0 Å². The van der Waals surface area contributed by atoms with Gasteiger partial charge < -0.3 is 9.47 Å². The van der Waals surface area contributed by atoms with Crippen LogP contribution in [0.3, 0.4) is 0 Å². The lowest BCUT2D eigenvalue weighted by Gasteiger charge is -2.35. The molecule has 2 heteroatoms. The molecular weight excluding hydrogens is 761 g/mol. The average Bonchev–Trinajstić information content (AvgIpc) is 3.86. The monoisotopic (exact) mass is 804 g/mol. The van der Waals surface area contributed by atoms with Crippen molar-refractivity contribution in [2.45, 2.75) is 18.3 Å². The minimum absolute atomic E-state index is 0.599. The van der Waals surface area contributed by atoms with Crippen molar-refractivity contribution in [3.8, 4) is 39.1 Å². The normalized spacial score (nSPS) is 13.3. The minimum atomic E-state index is -0.599. The van der Waals surface area contributed by atoms with Gasteiger partial charge in [0.15, 0.2) is 0 Å². The number of fused-ring (bicyclic) bond motifs is 6. The lowest BCUT2D eigenvalue weighted by Crippen LogP contribution is -2.28. The van der Waals surface area contributed by atoms with Crippen LogP contribution >= 0.6 is 0 Å². The van der Waals surface area contributed by atoms with Crippen molar-refractivity contribution in [1.29, 1.82) is 0 Å². The number of aryl methyl sites for hydroxylation is 1. The standard InChI is InChI=1S/C61H44N2/c1-5-18-43(19-6-1)45-32-36-49(37-33-45)62(50-38-34-46(35-39-50)44-20-7-2-8-21-44)51-40-41-54-56(42-51)61(47-22-9-3-10-23-47,48-24-11-4-12-25-48)55-28-17-31-59(60(54)55)63-57-29-15-13-26-52(57)53-27-14-16-30-58(53)63/h1-13,15-26,28-42H,14,27H2. The predicted octanol–water partition coefficient (Wildman–Crippen LogP) is 15.8. The molecule has 0 radical (unpaired) electrons. The molecule has 1 heterocycles. The summed E-state index contributed by atoms with van der Waals surface area (Å²) in [6.45, 7) is 0. The molecule has 2 nitrogen and oxygen atoms in total. The Morgan fingerprint density at radius 3 is 1.56 bits per heavy atom. The number of rotatable bonds is 8. The summed E-state index contributed by atoms with van der Waals surface area (Å²) in [6.07, 6.45) is 6.79. The molecule has 0 saturated carbocycles. The van der Waals surface area contributed by atoms with Crippen LogP contribution < -0.4 is 4.90 Å². The highest BCUT2D eigenvalue weighted by Crippen LogP contribution is 2.59. The van der Waals surface area contributed by atoms with E-state index >= 15 is 0 Å². The number of para-hydroxylation sites is 1. The molecule has 2 aliphatic carbocycles. The predicted molar refractivity (Wildman–Crippen MR) is 263 cm³/mol. The van der Waals surface area contributed by atoms with Crippen molar-refractivity contribution in [2.75, 3.05) is 4.90 Å². The summed E-state index contributed by atoms with van der Waals surface area (Å²) in [4.78, 5) is 2.43. The first-order valence-electron chi connectivity index (χ1n) is 22.1. The summed E-state index contributed by atoms with van der Waals surface area (Å²) in [5, 5.41) is 1.34. The van der Waals surface area contributed by atoms with Crippen LogP contribution in [0.25, 0.3) is 56.0 Å². The Labute approximate surface area is 369 Å². The first-order valence-corrected chi connectivity index (χ1v) is 22.1. The topological polar surface area (TPSA) is 8.17 Å². The van der Waals surface area contributed by atoms with E-state index in [1.165, 1.54) is 83.5 Å². The van der Waals surface area contributed by atoms with E-state index in [1.54, 1.807) is 0 Å². The number of hydrogen-bond donors (Lipinski definition) is 0. The summed E-state index contributed by atoms with van der Waals surface area (Å²) in [5.41, 5.74) is 20.3. The van der Waals surface area contributed by atoms with Crippen molar-refractivity contribution in [3.63, 3.8) is 0 Å². The second kappa shape index (κ2) is 15.2. The van der Waals surface area contributed by atoms with Crippen molar-refractivity contribution < 1.29 is 0 Å². The maximum Gasteiger partial charge on any atom is 0.0715 e. The number of nitrogens with zero attached hydrogens (tertiary/aromatic N) is 2. The average molecular weight is 805 g/mol. The molecule has 0 amide bonds. The molecule has 0 N–H and O–H groups in total. The van der Waals surface area contributed by atoms with Crippen LogP contribution in [0.1, 0.15) is 39.9 Å². The summed E-state index contributed by atoms with van der Waals surface area (Å²) >= 11 is 0. The van der Waals surface area contributed by atoms with Crippen molar-refractivity contribution >= 4 is 34.0 Å². The van der Waals surface area contributed by atoms with Crippen molar-refractivity contribution in [2.24, 2.45) is 0 Å². The fraction of sp³-hybridized carbons (Fsp3) is 0.0492. The highest BCUT2D eigenvalue weighted by Gasteiger charge is 2.47. The zero-order valence-corrected chi connectivity index (χ0v) is 34.9. The third-order valence-electron chi connectivity index (χ3n) is 13.4. The number of aromatic nitrogens is 1. The quantitative estimate of drug-likeness (QED) is 0.149. The van der Waals surface area contributed by atoms with Crippen LogP contribution in [0.2, 0.25) is 0 Å². The van der Waals surface area contributed by atoms with Crippen molar-refractivity contribution in [3.05, 3.63) is 270 Å². The lowest BCUT2D eigenvalue weighted by atomic mass is 9.67. The van der Waals surface area contributed by atoms with Crippen LogP contribution in [0.15, 0.2) is 237 Å². The zero-order valence-electron chi connectivity index (χ0n) is 34.9. The molecule has 0 unspecified atom stereocenters. The number of allylic oxidation sites excluding steroid dienone is 1. The first kappa shape index (κ1) is 36.9. The molecule has 0 saturated heterocycles. The molecule has 0 atom stereocenters. The van der Waals surface area contributed by atoms with Crippen LogP contribution in [-0.4, -0.2) is 4.57 Å². The molecule has 0 spiro atoms. The second-order valence-corrected chi connectivity index (χ2v) is 16.7. The Bertz CT molecular complexity index is 3170. The molecule has 0 bridgehead atoms. The Hall–Kier alpha value is -7.94. The Morgan fingerprint density at radius 2 is 0.952 bits per heavy atom. The fourth-order valence-corrected chi connectivity index (χ4v) is 10.6. The van der Waals surface area contributed by atoms with E-state index in [1.807, 2.05) is 0 Å². The summed E-state index contributed by atoms with van der Waals surface area (Å²) in [5.74, 6) is 0. The molecule has 2 aliphatic rings. The van der Waals surface area contributed by atoms with Gasteiger partial charge in [0.25, 0.3) is 0 Å². The van der Waals surface area contributed by atoms with Crippen LogP contribution in [-0.2, 0) is 11.8 Å². The Balaban J connectivity index is 1.12. The lowest BCUT2D eigenvalue weighted by molar-refractivity contribution is 0.768. The van der Waals surface area contributed by atoms with Crippen LogP contribution in [0.4, 0.5) is 17.1 Å². The van der Waals surface area contributed by atoms with E-state index in [9.17, 15) is 0 Å². The zero-order chi connectivity index (χ0) is 41.7. The van der Waals surface area contributed by atoms with Gasteiger partial charge >= 0.3 is 0 Å². The molecule has 12 rings (SSSR count). The summed E-state index contributed by atoms with van der Waals surface area (Å²) in [6, 6.07) is 84.9. The minimum Gasteiger partial charge on any atom is -0.310 e. The largest absolute Gasteiger partial charge is 0.310 e. The molecule has 10 aromatic rings. The van der Waals surface area contributed by atoms with Gasteiger partial charge in [-0.05, 0) is 123 Å². The maximum absolute atomic E-state index is 2.54. The van der Waals surface area contributed by atoms with E-state index in [0.29, 0.717) is 0 Å². The van der Waals surface area contributed by atoms with E-state index in [0.717, 1.165) is 29.9 Å². The van der Waals surface area contributed by atoms with E-state index in [2.05, 4.69) is 252 Å². The van der Waals surface area contributed by atoms with Gasteiger partial charge in [-0.2, -0.15) is 0 Å². The number of hydrogen-bond acceptors (Lipinski definition) is 1. The third-order valence-corrected chi connectivity index (χ3v) is 13.4. The second-order valence-electron chi connectivity index (χ2n) is 16.7. The molecule has 63 heavy (non-hydrogen) atoms. The summed E-state index contributed by atoms with van der Waals surface area (Å²) in [7, 11) is 0. The van der Waals surface area contributed by atoms with Crippen molar-refractivity contribution in [1.82, 2.24) is 4.57 Å². The Morgan fingerprint density at radius 1 is 0.429 bits per heavy atom. The molecular formula is C61H44N2. The van der Waals surface area contributed by atoms with Gasteiger partial charge in [-0.1, -0.05) is 188 Å². The summed E-state index contributed by atoms with van der Waals surface area (Å²) < 4.78 is 2.54. The van der Waals surface area contributed by atoms with Gasteiger partial charge in [-0.25, -0.2) is 0 Å². The van der Waals surface area contributed by atoms with E-state index in [-0.39, 0.29) is 0 Å². The third kappa shape index (κ3) is 5.94.